The molecule has 16 heavy (non-hydrogen) atoms. The van der Waals surface area contributed by atoms with Crippen molar-refractivity contribution in [2.45, 2.75) is 25.9 Å². The topological polar surface area (TPSA) is 98.5 Å². The molecule has 1 aliphatic heterocycles. The minimum absolute atomic E-state index is 0.120. The SMILES string of the molecule is C=CC[C@]1(C(=O)NC(N)=O)C[C@H](C)OC1=O. The number of primary amides is 1. The highest BCUT2D eigenvalue weighted by molar-refractivity contribution is 6.09. The van der Waals surface area contributed by atoms with E-state index >= 15 is 0 Å². The molecule has 1 heterocycles. The van der Waals surface area contributed by atoms with Crippen molar-refractivity contribution in [3.05, 3.63) is 12.7 Å². The van der Waals surface area contributed by atoms with E-state index in [9.17, 15) is 14.4 Å². The summed E-state index contributed by atoms with van der Waals surface area (Å²) in [5.41, 5.74) is 3.48. The molecule has 6 heteroatoms. The Labute approximate surface area is 92.8 Å². The average molecular weight is 226 g/mol. The number of esters is 1. The van der Waals surface area contributed by atoms with Crippen molar-refractivity contribution in [1.82, 2.24) is 5.32 Å². The van der Waals surface area contributed by atoms with E-state index in [-0.39, 0.29) is 18.9 Å². The summed E-state index contributed by atoms with van der Waals surface area (Å²) in [5, 5.41) is 1.91. The van der Waals surface area contributed by atoms with Gasteiger partial charge in [0.2, 0.25) is 5.91 Å². The maximum Gasteiger partial charge on any atom is 0.322 e. The third-order valence-electron chi connectivity index (χ3n) is 2.50. The quantitative estimate of drug-likeness (QED) is 0.404. The Morgan fingerprint density at radius 1 is 1.75 bits per heavy atom. The zero-order valence-corrected chi connectivity index (χ0v) is 8.99. The van der Waals surface area contributed by atoms with Gasteiger partial charge in [0.1, 0.15) is 6.10 Å². The van der Waals surface area contributed by atoms with Crippen LogP contribution in [0, 0.1) is 5.41 Å². The van der Waals surface area contributed by atoms with Gasteiger partial charge in [0.25, 0.3) is 0 Å². The number of amides is 3. The molecule has 1 rings (SSSR count). The van der Waals surface area contributed by atoms with Crippen molar-refractivity contribution in [3.8, 4) is 0 Å². The predicted molar refractivity (Wildman–Crippen MR) is 55.1 cm³/mol. The molecule has 6 nitrogen and oxygen atoms in total. The summed E-state index contributed by atoms with van der Waals surface area (Å²) in [6, 6.07) is -0.985. The molecule has 0 aromatic heterocycles. The highest BCUT2D eigenvalue weighted by atomic mass is 16.6. The molecule has 0 unspecified atom stereocenters. The molecule has 0 saturated carbocycles. The number of urea groups is 1. The van der Waals surface area contributed by atoms with Gasteiger partial charge in [-0.3, -0.25) is 14.9 Å². The van der Waals surface area contributed by atoms with E-state index in [0.717, 1.165) is 0 Å². The lowest BCUT2D eigenvalue weighted by Crippen LogP contribution is -2.48. The summed E-state index contributed by atoms with van der Waals surface area (Å²) in [7, 11) is 0. The zero-order valence-electron chi connectivity index (χ0n) is 8.99. The second kappa shape index (κ2) is 4.34. The van der Waals surface area contributed by atoms with Crippen molar-refractivity contribution < 1.29 is 19.1 Å². The van der Waals surface area contributed by atoms with E-state index < -0.39 is 23.3 Å². The number of imide groups is 1. The van der Waals surface area contributed by atoms with Crippen LogP contribution in [-0.4, -0.2) is 24.0 Å². The minimum atomic E-state index is -1.36. The van der Waals surface area contributed by atoms with Crippen LogP contribution in [0.3, 0.4) is 0 Å². The summed E-state index contributed by atoms with van der Waals surface area (Å²) in [5.74, 6) is -1.37. The lowest BCUT2D eigenvalue weighted by Gasteiger charge is -2.20. The summed E-state index contributed by atoms with van der Waals surface area (Å²) in [6.45, 7) is 5.17. The standard InChI is InChI=1S/C10H14N2O4/c1-3-4-10(7(13)12-9(11)15)5-6(2)16-8(10)14/h3,6H,1,4-5H2,2H3,(H3,11,12,13,15)/t6-,10+/m0/s1. The van der Waals surface area contributed by atoms with Gasteiger partial charge in [-0.15, -0.1) is 6.58 Å². The maximum atomic E-state index is 11.8. The third-order valence-corrected chi connectivity index (χ3v) is 2.50. The first-order valence-electron chi connectivity index (χ1n) is 4.85. The van der Waals surface area contributed by atoms with Crippen LogP contribution in [-0.2, 0) is 14.3 Å². The van der Waals surface area contributed by atoms with Gasteiger partial charge in [-0.2, -0.15) is 0 Å². The van der Waals surface area contributed by atoms with Crippen molar-refractivity contribution in [2.75, 3.05) is 0 Å². The first-order chi connectivity index (χ1) is 7.42. The van der Waals surface area contributed by atoms with Crippen LogP contribution < -0.4 is 11.1 Å². The third kappa shape index (κ3) is 2.05. The molecular weight excluding hydrogens is 212 g/mol. The highest BCUT2D eigenvalue weighted by Crippen LogP contribution is 2.37. The minimum Gasteiger partial charge on any atom is -0.462 e. The Bertz CT molecular complexity index is 353. The Hall–Kier alpha value is -1.85. The lowest BCUT2D eigenvalue weighted by molar-refractivity contribution is -0.152. The zero-order chi connectivity index (χ0) is 12.3. The summed E-state index contributed by atoms with van der Waals surface area (Å²) >= 11 is 0. The molecule has 2 atom stereocenters. The molecule has 3 N–H and O–H groups in total. The van der Waals surface area contributed by atoms with Crippen LogP contribution >= 0.6 is 0 Å². The highest BCUT2D eigenvalue weighted by Gasteiger charge is 2.53. The number of carbonyl (C=O) groups excluding carboxylic acids is 3. The number of allylic oxidation sites excluding steroid dienone is 1. The normalized spacial score (nSPS) is 28.3. The summed E-state index contributed by atoms with van der Waals surface area (Å²) < 4.78 is 4.93. The summed E-state index contributed by atoms with van der Waals surface area (Å²) in [6.07, 6.45) is 1.43. The number of nitrogens with two attached hydrogens (primary N) is 1. The predicted octanol–water partition coefficient (Wildman–Crippen LogP) is 0.0792. The largest absolute Gasteiger partial charge is 0.462 e. The van der Waals surface area contributed by atoms with Gasteiger partial charge >= 0.3 is 12.0 Å². The van der Waals surface area contributed by atoms with Crippen LogP contribution in [0.25, 0.3) is 0 Å². The maximum absolute atomic E-state index is 11.8. The number of rotatable bonds is 3. The number of hydrogen-bond acceptors (Lipinski definition) is 4. The van der Waals surface area contributed by atoms with Gasteiger partial charge in [0, 0.05) is 6.42 Å². The van der Waals surface area contributed by atoms with Crippen LogP contribution in [0.4, 0.5) is 4.79 Å². The first kappa shape index (κ1) is 12.2. The molecule has 1 aliphatic rings. The second-order valence-corrected chi connectivity index (χ2v) is 3.81. The van der Waals surface area contributed by atoms with Gasteiger partial charge in [0.05, 0.1) is 0 Å². The molecule has 1 fully saturated rings. The van der Waals surface area contributed by atoms with Crippen LogP contribution in [0.2, 0.25) is 0 Å². The second-order valence-electron chi connectivity index (χ2n) is 3.81. The number of nitrogens with one attached hydrogen (secondary N) is 1. The van der Waals surface area contributed by atoms with Gasteiger partial charge in [0.15, 0.2) is 5.41 Å². The van der Waals surface area contributed by atoms with E-state index in [1.165, 1.54) is 6.08 Å². The molecule has 0 bridgehead atoms. The monoisotopic (exact) mass is 226 g/mol. The molecule has 0 radical (unpaired) electrons. The average Bonchev–Trinajstić information content (AvgIpc) is 2.42. The van der Waals surface area contributed by atoms with Gasteiger partial charge in [-0.1, -0.05) is 6.08 Å². The van der Waals surface area contributed by atoms with E-state index in [2.05, 4.69) is 6.58 Å². The number of carbonyl (C=O) groups is 3. The van der Waals surface area contributed by atoms with E-state index in [1.807, 2.05) is 5.32 Å². The molecule has 1 saturated heterocycles. The van der Waals surface area contributed by atoms with Gasteiger partial charge in [-0.05, 0) is 13.3 Å². The fourth-order valence-corrected chi connectivity index (χ4v) is 1.83. The first-order valence-corrected chi connectivity index (χ1v) is 4.85. The Balaban J connectivity index is 2.97. The smallest absolute Gasteiger partial charge is 0.322 e. The summed E-state index contributed by atoms with van der Waals surface area (Å²) in [4.78, 5) is 34.0. The molecule has 88 valence electrons. The van der Waals surface area contributed by atoms with E-state index in [4.69, 9.17) is 10.5 Å². The van der Waals surface area contributed by atoms with Crippen molar-refractivity contribution >= 4 is 17.9 Å². The fourth-order valence-electron chi connectivity index (χ4n) is 1.83. The fraction of sp³-hybridized carbons (Fsp3) is 0.500. The van der Waals surface area contributed by atoms with Crippen molar-refractivity contribution in [3.63, 3.8) is 0 Å². The Morgan fingerprint density at radius 3 is 2.75 bits per heavy atom. The lowest BCUT2D eigenvalue weighted by atomic mass is 9.80. The molecule has 0 aliphatic carbocycles. The number of cyclic esters (lactones) is 1. The van der Waals surface area contributed by atoms with Crippen LogP contribution in [0.5, 0.6) is 0 Å². The number of ether oxygens (including phenoxy) is 1. The molecule has 0 aromatic rings. The molecular formula is C10H14N2O4. The van der Waals surface area contributed by atoms with E-state index in [0.29, 0.717) is 0 Å². The van der Waals surface area contributed by atoms with E-state index in [1.54, 1.807) is 6.92 Å². The van der Waals surface area contributed by atoms with Gasteiger partial charge in [-0.25, -0.2) is 4.79 Å². The Kier molecular flexibility index (Phi) is 3.31. The van der Waals surface area contributed by atoms with Crippen LogP contribution in [0.1, 0.15) is 19.8 Å². The van der Waals surface area contributed by atoms with Crippen LogP contribution in [0.15, 0.2) is 12.7 Å². The van der Waals surface area contributed by atoms with Crippen molar-refractivity contribution in [2.24, 2.45) is 11.1 Å². The number of hydrogen-bond donors (Lipinski definition) is 2. The Morgan fingerprint density at radius 2 is 2.38 bits per heavy atom. The van der Waals surface area contributed by atoms with Crippen molar-refractivity contribution in [1.29, 1.82) is 0 Å². The molecule has 3 amide bonds. The molecule has 0 aromatic carbocycles. The van der Waals surface area contributed by atoms with Gasteiger partial charge < -0.3 is 10.5 Å². The molecule has 0 spiro atoms.